The van der Waals surface area contributed by atoms with E-state index in [9.17, 15) is 0 Å². The van der Waals surface area contributed by atoms with Gasteiger partial charge in [0, 0.05) is 6.54 Å². The fourth-order valence-electron chi connectivity index (χ4n) is 0.897. The van der Waals surface area contributed by atoms with Gasteiger partial charge in [0.2, 0.25) is 0 Å². The van der Waals surface area contributed by atoms with Gasteiger partial charge in [0.05, 0.1) is 6.10 Å². The first-order valence-electron chi connectivity index (χ1n) is 3.08. The predicted molar refractivity (Wildman–Crippen MR) is 32.0 cm³/mol. The highest BCUT2D eigenvalue weighted by atomic mass is 16.4. The lowest BCUT2D eigenvalue weighted by molar-refractivity contribution is -0.139. The first-order chi connectivity index (χ1) is 4.63. The lowest BCUT2D eigenvalue weighted by atomic mass is 10.0. The minimum atomic E-state index is -1.30. The Morgan fingerprint density at radius 1 is 1.00 bits per heavy atom. The molecule has 1 fully saturated rings. The van der Waals surface area contributed by atoms with Crippen molar-refractivity contribution in [1.29, 1.82) is 0 Å². The van der Waals surface area contributed by atoms with Crippen molar-refractivity contribution in [2.75, 3.05) is 6.54 Å². The van der Waals surface area contributed by atoms with E-state index in [0.29, 0.717) is 0 Å². The predicted octanol–water partition coefficient (Wildman–Crippen LogP) is -3.01. The molecular formula is C5H11NO4. The molecule has 1 aliphatic rings. The highest BCUT2D eigenvalue weighted by Crippen LogP contribution is 2.07. The van der Waals surface area contributed by atoms with Crippen molar-refractivity contribution in [2.24, 2.45) is 0 Å². The molecule has 1 saturated heterocycles. The number of aliphatic hydroxyl groups is 4. The van der Waals surface area contributed by atoms with Crippen molar-refractivity contribution in [1.82, 2.24) is 5.32 Å². The molecule has 10 heavy (non-hydrogen) atoms. The summed E-state index contributed by atoms with van der Waals surface area (Å²) >= 11 is 0. The van der Waals surface area contributed by atoms with Crippen LogP contribution in [0.4, 0.5) is 0 Å². The maximum absolute atomic E-state index is 8.92. The Morgan fingerprint density at radius 3 is 2.10 bits per heavy atom. The smallest absolute Gasteiger partial charge is 0.133 e. The van der Waals surface area contributed by atoms with Crippen molar-refractivity contribution in [3.05, 3.63) is 0 Å². The average Bonchev–Trinajstić information content (AvgIpc) is 1.93. The van der Waals surface area contributed by atoms with Gasteiger partial charge < -0.3 is 20.4 Å². The summed E-state index contributed by atoms with van der Waals surface area (Å²) in [5, 5.41) is 37.9. The van der Waals surface area contributed by atoms with E-state index in [1.54, 1.807) is 0 Å². The Morgan fingerprint density at radius 2 is 1.60 bits per heavy atom. The van der Waals surface area contributed by atoms with Crippen LogP contribution in [0.15, 0.2) is 0 Å². The molecule has 1 unspecified atom stereocenters. The van der Waals surface area contributed by atoms with Crippen LogP contribution in [0.2, 0.25) is 0 Å². The van der Waals surface area contributed by atoms with Crippen LogP contribution in [-0.4, -0.2) is 51.5 Å². The first kappa shape index (κ1) is 7.90. The first-order valence-corrected chi connectivity index (χ1v) is 3.08. The van der Waals surface area contributed by atoms with Crippen molar-refractivity contribution < 1.29 is 20.4 Å². The maximum atomic E-state index is 8.92. The Balaban J connectivity index is 2.52. The molecule has 1 rings (SSSR count). The number of hydrogen-bond acceptors (Lipinski definition) is 5. The normalized spacial score (nSPS) is 49.2. The van der Waals surface area contributed by atoms with Gasteiger partial charge in [0.25, 0.3) is 0 Å². The Kier molecular flexibility index (Phi) is 2.22. The summed E-state index contributed by atoms with van der Waals surface area (Å²) in [6.45, 7) is 0.0966. The maximum Gasteiger partial charge on any atom is 0.133 e. The standard InChI is InChI=1S/C5H11NO4/c7-2-1-6-5(10)4(9)3(2)8/h2-10H,1H2/t2-,3+,4-,5?/m1/s1. The molecule has 5 N–H and O–H groups in total. The molecule has 0 radical (unpaired) electrons. The highest BCUT2D eigenvalue weighted by Gasteiger charge is 2.34. The third-order valence-electron chi connectivity index (χ3n) is 1.60. The van der Waals surface area contributed by atoms with Gasteiger partial charge in [-0.05, 0) is 0 Å². The largest absolute Gasteiger partial charge is 0.389 e. The minimum Gasteiger partial charge on any atom is -0.389 e. The molecule has 5 heteroatoms. The molecule has 0 bridgehead atoms. The van der Waals surface area contributed by atoms with Crippen molar-refractivity contribution >= 4 is 0 Å². The molecule has 0 saturated carbocycles. The van der Waals surface area contributed by atoms with E-state index in [4.69, 9.17) is 20.4 Å². The van der Waals surface area contributed by atoms with Crippen LogP contribution in [-0.2, 0) is 0 Å². The highest BCUT2D eigenvalue weighted by molar-refractivity contribution is 4.86. The second kappa shape index (κ2) is 2.81. The lowest BCUT2D eigenvalue weighted by Crippen LogP contribution is -2.59. The van der Waals surface area contributed by atoms with Gasteiger partial charge in [-0.25, -0.2) is 0 Å². The molecule has 4 atom stereocenters. The SMILES string of the molecule is OC1NC[C@@H](O)[C@H](O)[C@H]1O. The number of rotatable bonds is 0. The second-order valence-electron chi connectivity index (χ2n) is 2.40. The van der Waals surface area contributed by atoms with Crippen molar-refractivity contribution in [3.8, 4) is 0 Å². The molecule has 5 nitrogen and oxygen atoms in total. The van der Waals surface area contributed by atoms with Gasteiger partial charge in [0.15, 0.2) is 0 Å². The molecule has 60 valence electrons. The molecule has 0 aliphatic carbocycles. The van der Waals surface area contributed by atoms with E-state index in [2.05, 4.69) is 5.32 Å². The zero-order valence-corrected chi connectivity index (χ0v) is 5.31. The average molecular weight is 149 g/mol. The molecule has 1 aliphatic heterocycles. The fraction of sp³-hybridized carbons (Fsp3) is 1.00. The number of piperidine rings is 1. The molecule has 0 amide bonds. The number of nitrogens with one attached hydrogen (secondary N) is 1. The second-order valence-corrected chi connectivity index (χ2v) is 2.40. The summed E-state index contributed by atoms with van der Waals surface area (Å²) in [6.07, 6.45) is -4.70. The number of β-amino-alcohol motifs (C(OH)–C–C–N with tert-alkyl or cyclic N) is 1. The Bertz CT molecular complexity index is 106. The summed E-state index contributed by atoms with van der Waals surface area (Å²) in [4.78, 5) is 0. The third-order valence-corrected chi connectivity index (χ3v) is 1.60. The van der Waals surface area contributed by atoms with Gasteiger partial charge >= 0.3 is 0 Å². The van der Waals surface area contributed by atoms with Crippen molar-refractivity contribution in [2.45, 2.75) is 24.5 Å². The summed E-state index contributed by atoms with van der Waals surface area (Å²) in [5.41, 5.74) is 0. The lowest BCUT2D eigenvalue weighted by Gasteiger charge is -2.32. The summed E-state index contributed by atoms with van der Waals surface area (Å²) in [5.74, 6) is 0. The molecule has 0 spiro atoms. The van der Waals surface area contributed by atoms with Gasteiger partial charge in [0.1, 0.15) is 18.4 Å². The van der Waals surface area contributed by atoms with Crippen LogP contribution in [0.5, 0.6) is 0 Å². The van der Waals surface area contributed by atoms with Crippen LogP contribution in [0.1, 0.15) is 0 Å². The molecule has 0 aromatic rings. The van der Waals surface area contributed by atoms with Gasteiger partial charge in [-0.15, -0.1) is 0 Å². The molecular weight excluding hydrogens is 138 g/mol. The third kappa shape index (κ3) is 1.28. The van der Waals surface area contributed by atoms with E-state index in [1.165, 1.54) is 0 Å². The zero-order valence-electron chi connectivity index (χ0n) is 5.31. The molecule has 0 aromatic heterocycles. The Hall–Kier alpha value is -0.200. The van der Waals surface area contributed by atoms with Crippen LogP contribution >= 0.6 is 0 Å². The van der Waals surface area contributed by atoms with Crippen LogP contribution in [0, 0.1) is 0 Å². The topological polar surface area (TPSA) is 93.0 Å². The van der Waals surface area contributed by atoms with Gasteiger partial charge in [-0.1, -0.05) is 0 Å². The Labute approximate surface area is 57.9 Å². The van der Waals surface area contributed by atoms with Gasteiger partial charge in [-0.2, -0.15) is 0 Å². The van der Waals surface area contributed by atoms with Crippen molar-refractivity contribution in [3.63, 3.8) is 0 Å². The molecule has 0 aromatic carbocycles. The van der Waals surface area contributed by atoms with E-state index in [1.807, 2.05) is 0 Å². The monoisotopic (exact) mass is 149 g/mol. The van der Waals surface area contributed by atoms with E-state index < -0.39 is 24.5 Å². The summed E-state index contributed by atoms with van der Waals surface area (Å²) in [7, 11) is 0. The van der Waals surface area contributed by atoms with E-state index in [-0.39, 0.29) is 6.54 Å². The van der Waals surface area contributed by atoms with Gasteiger partial charge in [-0.3, -0.25) is 5.32 Å². The van der Waals surface area contributed by atoms with Crippen LogP contribution in [0.3, 0.4) is 0 Å². The summed E-state index contributed by atoms with van der Waals surface area (Å²) in [6, 6.07) is 0. The van der Waals surface area contributed by atoms with E-state index >= 15 is 0 Å². The molecule has 1 heterocycles. The van der Waals surface area contributed by atoms with Crippen LogP contribution < -0.4 is 5.32 Å². The minimum absolute atomic E-state index is 0.0966. The number of aliphatic hydroxyl groups excluding tert-OH is 4. The van der Waals surface area contributed by atoms with Crippen LogP contribution in [0.25, 0.3) is 0 Å². The summed E-state index contributed by atoms with van der Waals surface area (Å²) < 4.78 is 0. The van der Waals surface area contributed by atoms with E-state index in [0.717, 1.165) is 0 Å². The fourth-order valence-corrected chi connectivity index (χ4v) is 0.897. The quantitative estimate of drug-likeness (QED) is 0.253. The number of hydrogen-bond donors (Lipinski definition) is 5. The zero-order chi connectivity index (χ0) is 7.72.